The molecule has 0 radical (unpaired) electrons. The molecular weight excluding hydrogens is 419 g/mol. The molecule has 4 rings (SSSR count). The highest BCUT2D eigenvalue weighted by Gasteiger charge is 2.14. The van der Waals surface area contributed by atoms with Crippen molar-refractivity contribution in [1.82, 2.24) is 19.9 Å². The van der Waals surface area contributed by atoms with Gasteiger partial charge in [0, 0.05) is 48.4 Å². The predicted octanol–water partition coefficient (Wildman–Crippen LogP) is 5.04. The standard InChI is InChI=1S/C23H20Cl2N4O/c24-18-8-7-17(19(25)13-18)12-22-28-20-5-1-2-6-21(20)29(22)11-9-23(30)27-15-16-4-3-10-26-14-16/h1-8,10,13-14H,9,11-12,15H2,(H,27,30). The van der Waals surface area contributed by atoms with Gasteiger partial charge in [0.2, 0.25) is 5.91 Å². The molecule has 0 fully saturated rings. The van der Waals surface area contributed by atoms with Crippen LogP contribution in [0.25, 0.3) is 11.0 Å². The van der Waals surface area contributed by atoms with E-state index in [0.29, 0.717) is 36.0 Å². The number of benzene rings is 2. The second kappa shape index (κ2) is 9.28. The summed E-state index contributed by atoms with van der Waals surface area (Å²) >= 11 is 12.4. The predicted molar refractivity (Wildman–Crippen MR) is 120 cm³/mol. The summed E-state index contributed by atoms with van der Waals surface area (Å²) < 4.78 is 2.09. The Labute approximate surface area is 184 Å². The van der Waals surface area contributed by atoms with E-state index in [4.69, 9.17) is 28.2 Å². The van der Waals surface area contributed by atoms with Crippen molar-refractivity contribution in [3.05, 3.63) is 94.0 Å². The molecule has 152 valence electrons. The normalized spacial score (nSPS) is 11.0. The van der Waals surface area contributed by atoms with Crippen LogP contribution >= 0.6 is 23.2 Å². The third-order valence-electron chi connectivity index (χ3n) is 4.87. The largest absolute Gasteiger partial charge is 0.352 e. The van der Waals surface area contributed by atoms with Crippen molar-refractivity contribution in [2.45, 2.75) is 25.9 Å². The Morgan fingerprint density at radius 1 is 1.07 bits per heavy atom. The van der Waals surface area contributed by atoms with E-state index in [1.807, 2.05) is 48.5 Å². The third kappa shape index (κ3) is 4.81. The zero-order chi connectivity index (χ0) is 20.9. The zero-order valence-electron chi connectivity index (χ0n) is 16.2. The molecular formula is C23H20Cl2N4O. The lowest BCUT2D eigenvalue weighted by Crippen LogP contribution is -2.24. The Hall–Kier alpha value is -2.89. The number of nitrogens with one attached hydrogen (secondary N) is 1. The van der Waals surface area contributed by atoms with Gasteiger partial charge in [-0.1, -0.05) is 47.5 Å². The molecule has 2 aromatic carbocycles. The summed E-state index contributed by atoms with van der Waals surface area (Å²) in [4.78, 5) is 21.2. The number of para-hydroxylation sites is 2. The minimum Gasteiger partial charge on any atom is -0.352 e. The van der Waals surface area contributed by atoms with Crippen LogP contribution < -0.4 is 5.32 Å². The van der Waals surface area contributed by atoms with Gasteiger partial charge in [-0.2, -0.15) is 0 Å². The van der Waals surface area contributed by atoms with Crippen LogP contribution in [0.5, 0.6) is 0 Å². The Bertz CT molecular complexity index is 1170. The maximum atomic E-state index is 12.4. The van der Waals surface area contributed by atoms with Crippen LogP contribution in [0.2, 0.25) is 10.0 Å². The molecule has 4 aromatic rings. The molecule has 1 amide bonds. The van der Waals surface area contributed by atoms with E-state index >= 15 is 0 Å². The van der Waals surface area contributed by atoms with Gasteiger partial charge in [0.1, 0.15) is 5.82 Å². The van der Waals surface area contributed by atoms with Crippen LogP contribution in [-0.2, 0) is 24.3 Å². The molecule has 0 aliphatic heterocycles. The van der Waals surface area contributed by atoms with Gasteiger partial charge < -0.3 is 9.88 Å². The van der Waals surface area contributed by atoms with Gasteiger partial charge in [-0.15, -0.1) is 0 Å². The van der Waals surface area contributed by atoms with Crippen LogP contribution in [0.4, 0.5) is 0 Å². The molecule has 1 N–H and O–H groups in total. The van der Waals surface area contributed by atoms with Crippen molar-refractivity contribution < 1.29 is 4.79 Å². The highest BCUT2D eigenvalue weighted by molar-refractivity contribution is 6.35. The number of imidazole rings is 1. The maximum absolute atomic E-state index is 12.4. The lowest BCUT2D eigenvalue weighted by molar-refractivity contribution is -0.121. The van der Waals surface area contributed by atoms with Gasteiger partial charge in [0.05, 0.1) is 11.0 Å². The van der Waals surface area contributed by atoms with E-state index in [2.05, 4.69) is 14.9 Å². The van der Waals surface area contributed by atoms with E-state index in [0.717, 1.165) is 28.0 Å². The summed E-state index contributed by atoms with van der Waals surface area (Å²) in [5, 5.41) is 4.15. The number of rotatable bonds is 7. The molecule has 2 heterocycles. The fourth-order valence-corrected chi connectivity index (χ4v) is 3.83. The fraction of sp³-hybridized carbons (Fsp3) is 0.174. The SMILES string of the molecule is O=C(CCn1c(Cc2ccc(Cl)cc2Cl)nc2ccccc21)NCc1cccnc1. The topological polar surface area (TPSA) is 59.8 Å². The van der Waals surface area contributed by atoms with Gasteiger partial charge in [0.25, 0.3) is 0 Å². The number of aryl methyl sites for hydroxylation is 1. The Balaban J connectivity index is 1.50. The summed E-state index contributed by atoms with van der Waals surface area (Å²) in [5.41, 5.74) is 3.81. The summed E-state index contributed by atoms with van der Waals surface area (Å²) in [5.74, 6) is 0.840. The molecule has 0 spiro atoms. The fourth-order valence-electron chi connectivity index (χ4n) is 3.35. The average molecular weight is 439 g/mol. The number of aromatic nitrogens is 3. The Morgan fingerprint density at radius 3 is 2.73 bits per heavy atom. The number of pyridine rings is 1. The lowest BCUT2D eigenvalue weighted by atomic mass is 10.1. The molecule has 30 heavy (non-hydrogen) atoms. The van der Waals surface area contributed by atoms with Gasteiger partial charge in [-0.3, -0.25) is 9.78 Å². The van der Waals surface area contributed by atoms with E-state index in [1.165, 1.54) is 0 Å². The van der Waals surface area contributed by atoms with Crippen molar-refractivity contribution >= 4 is 40.1 Å². The summed E-state index contributed by atoms with van der Waals surface area (Å²) in [6.07, 6.45) is 4.37. The molecule has 2 aromatic heterocycles. The van der Waals surface area contributed by atoms with Crippen LogP contribution in [0.15, 0.2) is 67.0 Å². The molecule has 0 aliphatic rings. The van der Waals surface area contributed by atoms with Gasteiger partial charge in [-0.05, 0) is 41.5 Å². The van der Waals surface area contributed by atoms with Crippen molar-refractivity contribution in [2.24, 2.45) is 0 Å². The van der Waals surface area contributed by atoms with Crippen LogP contribution in [0.3, 0.4) is 0 Å². The van der Waals surface area contributed by atoms with Gasteiger partial charge in [0.15, 0.2) is 0 Å². The average Bonchev–Trinajstić information content (AvgIpc) is 3.10. The molecule has 0 saturated carbocycles. The lowest BCUT2D eigenvalue weighted by Gasteiger charge is -2.11. The second-order valence-corrected chi connectivity index (χ2v) is 7.81. The number of amides is 1. The molecule has 0 aliphatic carbocycles. The summed E-state index contributed by atoms with van der Waals surface area (Å²) in [7, 11) is 0. The Morgan fingerprint density at radius 2 is 1.93 bits per heavy atom. The van der Waals surface area contributed by atoms with E-state index in [-0.39, 0.29) is 5.91 Å². The third-order valence-corrected chi connectivity index (χ3v) is 5.46. The number of carbonyl (C=O) groups excluding carboxylic acids is 1. The minimum absolute atomic E-state index is 0.0212. The van der Waals surface area contributed by atoms with Crippen molar-refractivity contribution in [2.75, 3.05) is 0 Å². The molecule has 0 atom stereocenters. The van der Waals surface area contributed by atoms with Gasteiger partial charge in [-0.25, -0.2) is 4.98 Å². The van der Waals surface area contributed by atoms with Crippen LogP contribution in [0.1, 0.15) is 23.4 Å². The number of hydrogen-bond donors (Lipinski definition) is 1. The zero-order valence-corrected chi connectivity index (χ0v) is 17.7. The number of fused-ring (bicyclic) bond motifs is 1. The number of carbonyl (C=O) groups is 1. The molecule has 7 heteroatoms. The van der Waals surface area contributed by atoms with E-state index < -0.39 is 0 Å². The van der Waals surface area contributed by atoms with Gasteiger partial charge >= 0.3 is 0 Å². The van der Waals surface area contributed by atoms with Crippen molar-refractivity contribution in [3.8, 4) is 0 Å². The summed E-state index contributed by atoms with van der Waals surface area (Å²) in [6.45, 7) is 0.991. The van der Waals surface area contributed by atoms with E-state index in [1.54, 1.807) is 18.5 Å². The first kappa shape index (κ1) is 20.4. The molecule has 0 unspecified atom stereocenters. The molecule has 5 nitrogen and oxygen atoms in total. The second-order valence-electron chi connectivity index (χ2n) is 6.97. The first-order valence-corrected chi connectivity index (χ1v) is 10.4. The van der Waals surface area contributed by atoms with E-state index in [9.17, 15) is 4.79 Å². The van der Waals surface area contributed by atoms with Crippen LogP contribution in [0, 0.1) is 0 Å². The number of nitrogens with zero attached hydrogens (tertiary/aromatic N) is 3. The maximum Gasteiger partial charge on any atom is 0.222 e. The first-order valence-electron chi connectivity index (χ1n) is 9.64. The van der Waals surface area contributed by atoms with Crippen LogP contribution in [-0.4, -0.2) is 20.4 Å². The first-order chi connectivity index (χ1) is 14.6. The van der Waals surface area contributed by atoms with Crippen molar-refractivity contribution in [3.63, 3.8) is 0 Å². The minimum atomic E-state index is -0.0212. The number of halogens is 2. The monoisotopic (exact) mass is 438 g/mol. The quantitative estimate of drug-likeness (QED) is 0.439. The Kier molecular flexibility index (Phi) is 6.31. The highest BCUT2D eigenvalue weighted by Crippen LogP contribution is 2.25. The van der Waals surface area contributed by atoms with Crippen molar-refractivity contribution in [1.29, 1.82) is 0 Å². The summed E-state index contributed by atoms with van der Waals surface area (Å²) in [6, 6.07) is 17.2. The highest BCUT2D eigenvalue weighted by atomic mass is 35.5. The number of hydrogen-bond acceptors (Lipinski definition) is 3. The molecule has 0 bridgehead atoms. The smallest absolute Gasteiger partial charge is 0.222 e. The molecule has 0 saturated heterocycles.